The van der Waals surface area contributed by atoms with Gasteiger partial charge in [0, 0.05) is 11.4 Å². The number of benzene rings is 1. The lowest BCUT2D eigenvalue weighted by Crippen LogP contribution is -2.43. The Morgan fingerprint density at radius 3 is 2.37 bits per heavy atom. The maximum atomic E-state index is 12.2. The van der Waals surface area contributed by atoms with Gasteiger partial charge in [0.05, 0.1) is 4.90 Å². The first-order chi connectivity index (χ1) is 9.01. The molecule has 1 heterocycles. The number of nitrogens with one attached hydrogen (secondary N) is 1. The quantitative estimate of drug-likeness (QED) is 0.847. The van der Waals surface area contributed by atoms with E-state index in [1.807, 2.05) is 12.1 Å². The van der Waals surface area contributed by atoms with Crippen LogP contribution in [0.2, 0.25) is 0 Å². The second-order valence-electron chi connectivity index (χ2n) is 4.98. The first kappa shape index (κ1) is 15.0. The highest BCUT2D eigenvalue weighted by molar-refractivity contribution is 9.08. The van der Waals surface area contributed by atoms with Crippen LogP contribution in [-0.4, -0.2) is 39.5 Å². The number of sulfonamides is 1. The molecule has 1 N–H and O–H groups in total. The van der Waals surface area contributed by atoms with Crippen LogP contribution in [0.5, 0.6) is 0 Å². The second kappa shape index (κ2) is 6.35. The van der Waals surface area contributed by atoms with E-state index in [-0.39, 0.29) is 6.04 Å². The number of halogens is 1. The fraction of sp³-hybridized carbons (Fsp3) is 0.538. The van der Waals surface area contributed by atoms with E-state index in [4.69, 9.17) is 0 Å². The number of alkyl halides is 1. The van der Waals surface area contributed by atoms with Crippen molar-refractivity contribution >= 4 is 26.0 Å². The predicted molar refractivity (Wildman–Crippen MR) is 79.9 cm³/mol. The lowest BCUT2D eigenvalue weighted by molar-refractivity contribution is 0.248. The van der Waals surface area contributed by atoms with Crippen molar-refractivity contribution < 1.29 is 8.42 Å². The van der Waals surface area contributed by atoms with Gasteiger partial charge in [-0.3, -0.25) is 0 Å². The standard InChI is InChI=1S/C13H19BrN2O2S/c1-16-8-6-12(7-9-16)15-19(17,18)13-4-2-11(10-14)3-5-13/h2-5,12,15H,6-10H2,1H3. The Kier molecular flexibility index (Phi) is 5.00. The fourth-order valence-electron chi connectivity index (χ4n) is 2.17. The number of hydrogen-bond donors (Lipinski definition) is 1. The molecule has 19 heavy (non-hydrogen) atoms. The molecule has 1 saturated heterocycles. The smallest absolute Gasteiger partial charge is 0.240 e. The van der Waals surface area contributed by atoms with Crippen molar-refractivity contribution in [2.24, 2.45) is 0 Å². The maximum Gasteiger partial charge on any atom is 0.240 e. The Morgan fingerprint density at radius 2 is 1.84 bits per heavy atom. The Morgan fingerprint density at radius 1 is 1.26 bits per heavy atom. The van der Waals surface area contributed by atoms with E-state index in [1.54, 1.807) is 12.1 Å². The molecule has 0 unspecified atom stereocenters. The minimum absolute atomic E-state index is 0.0528. The molecule has 1 aliphatic heterocycles. The Hall–Kier alpha value is -0.430. The van der Waals surface area contributed by atoms with Gasteiger partial charge in [0.25, 0.3) is 0 Å². The molecule has 0 aromatic heterocycles. The third kappa shape index (κ3) is 4.02. The largest absolute Gasteiger partial charge is 0.306 e. The zero-order valence-electron chi connectivity index (χ0n) is 11.0. The van der Waals surface area contributed by atoms with Crippen LogP contribution in [0.4, 0.5) is 0 Å². The highest BCUT2D eigenvalue weighted by Gasteiger charge is 2.23. The summed E-state index contributed by atoms with van der Waals surface area (Å²) in [6.07, 6.45) is 1.74. The van der Waals surface area contributed by atoms with E-state index in [2.05, 4.69) is 32.6 Å². The molecule has 0 saturated carbocycles. The summed E-state index contributed by atoms with van der Waals surface area (Å²) in [5.41, 5.74) is 1.07. The molecular formula is C13H19BrN2O2S. The van der Waals surface area contributed by atoms with Crippen LogP contribution in [0.15, 0.2) is 29.2 Å². The summed E-state index contributed by atoms with van der Waals surface area (Å²) in [7, 11) is -1.33. The molecule has 106 valence electrons. The summed E-state index contributed by atoms with van der Waals surface area (Å²) < 4.78 is 27.3. The van der Waals surface area contributed by atoms with Crippen molar-refractivity contribution in [3.63, 3.8) is 0 Å². The van der Waals surface area contributed by atoms with E-state index in [0.717, 1.165) is 36.8 Å². The van der Waals surface area contributed by atoms with Crippen molar-refractivity contribution in [3.8, 4) is 0 Å². The van der Waals surface area contributed by atoms with Crippen LogP contribution in [0, 0.1) is 0 Å². The highest BCUT2D eigenvalue weighted by atomic mass is 79.9. The van der Waals surface area contributed by atoms with Gasteiger partial charge in [-0.15, -0.1) is 0 Å². The number of hydrogen-bond acceptors (Lipinski definition) is 3. The van der Waals surface area contributed by atoms with Gasteiger partial charge >= 0.3 is 0 Å². The minimum atomic E-state index is -3.39. The normalized spacial score (nSPS) is 18.6. The van der Waals surface area contributed by atoms with Crippen molar-refractivity contribution in [2.75, 3.05) is 20.1 Å². The first-order valence-electron chi connectivity index (χ1n) is 6.37. The van der Waals surface area contributed by atoms with Crippen LogP contribution < -0.4 is 4.72 Å². The van der Waals surface area contributed by atoms with Gasteiger partial charge in [0.2, 0.25) is 10.0 Å². The molecule has 1 fully saturated rings. The summed E-state index contributed by atoms with van der Waals surface area (Å²) >= 11 is 3.35. The molecule has 1 aromatic rings. The first-order valence-corrected chi connectivity index (χ1v) is 8.97. The molecular weight excluding hydrogens is 328 g/mol. The van der Waals surface area contributed by atoms with Gasteiger partial charge in [-0.25, -0.2) is 13.1 Å². The third-order valence-corrected chi connectivity index (χ3v) is 5.61. The third-order valence-electron chi connectivity index (χ3n) is 3.43. The van der Waals surface area contributed by atoms with Crippen LogP contribution in [0.1, 0.15) is 18.4 Å². The average Bonchev–Trinajstić information content (AvgIpc) is 2.41. The number of piperidine rings is 1. The van der Waals surface area contributed by atoms with E-state index in [0.29, 0.717) is 4.90 Å². The van der Waals surface area contributed by atoms with Gasteiger partial charge in [-0.1, -0.05) is 28.1 Å². The molecule has 1 aliphatic rings. The molecule has 1 aromatic carbocycles. The predicted octanol–water partition coefficient (Wildman–Crippen LogP) is 1.95. The molecule has 0 amide bonds. The van der Waals surface area contributed by atoms with Crippen molar-refractivity contribution in [1.82, 2.24) is 9.62 Å². The second-order valence-corrected chi connectivity index (χ2v) is 7.25. The summed E-state index contributed by atoms with van der Waals surface area (Å²) in [6.45, 7) is 1.88. The molecule has 0 radical (unpaired) electrons. The number of nitrogens with zero attached hydrogens (tertiary/aromatic N) is 1. The Labute approximate surface area is 123 Å². The lowest BCUT2D eigenvalue weighted by atomic mass is 10.1. The van der Waals surface area contributed by atoms with E-state index < -0.39 is 10.0 Å². The van der Waals surface area contributed by atoms with Crippen LogP contribution in [0.3, 0.4) is 0 Å². The van der Waals surface area contributed by atoms with Crippen molar-refractivity contribution in [3.05, 3.63) is 29.8 Å². The zero-order chi connectivity index (χ0) is 13.9. The Bertz CT molecular complexity index is 508. The summed E-state index contributed by atoms with van der Waals surface area (Å²) in [5, 5.41) is 0.732. The molecule has 6 heteroatoms. The summed E-state index contributed by atoms with van der Waals surface area (Å²) in [6, 6.07) is 7.04. The average molecular weight is 347 g/mol. The molecule has 0 spiro atoms. The summed E-state index contributed by atoms with van der Waals surface area (Å²) in [5.74, 6) is 0. The zero-order valence-corrected chi connectivity index (χ0v) is 13.4. The van der Waals surface area contributed by atoms with Gasteiger partial charge in [-0.2, -0.15) is 0 Å². The fourth-order valence-corrected chi connectivity index (χ4v) is 3.85. The highest BCUT2D eigenvalue weighted by Crippen LogP contribution is 2.15. The minimum Gasteiger partial charge on any atom is -0.306 e. The van der Waals surface area contributed by atoms with E-state index in [9.17, 15) is 8.42 Å². The van der Waals surface area contributed by atoms with Gasteiger partial charge in [-0.05, 0) is 50.7 Å². The number of rotatable bonds is 4. The Balaban J connectivity index is 2.05. The molecule has 4 nitrogen and oxygen atoms in total. The maximum absolute atomic E-state index is 12.2. The van der Waals surface area contributed by atoms with Crippen molar-refractivity contribution in [1.29, 1.82) is 0 Å². The monoisotopic (exact) mass is 346 g/mol. The molecule has 2 rings (SSSR count). The van der Waals surface area contributed by atoms with E-state index >= 15 is 0 Å². The molecule has 0 bridgehead atoms. The van der Waals surface area contributed by atoms with Crippen LogP contribution in [0.25, 0.3) is 0 Å². The van der Waals surface area contributed by atoms with Crippen LogP contribution >= 0.6 is 15.9 Å². The summed E-state index contributed by atoms with van der Waals surface area (Å²) in [4.78, 5) is 2.56. The topological polar surface area (TPSA) is 49.4 Å². The van der Waals surface area contributed by atoms with Crippen LogP contribution in [-0.2, 0) is 15.4 Å². The van der Waals surface area contributed by atoms with Crippen molar-refractivity contribution in [2.45, 2.75) is 29.1 Å². The van der Waals surface area contributed by atoms with Gasteiger partial charge in [0.15, 0.2) is 0 Å². The lowest BCUT2D eigenvalue weighted by Gasteiger charge is -2.29. The SMILES string of the molecule is CN1CCC(NS(=O)(=O)c2ccc(CBr)cc2)CC1. The van der Waals surface area contributed by atoms with Gasteiger partial charge in [0.1, 0.15) is 0 Å². The van der Waals surface area contributed by atoms with E-state index in [1.165, 1.54) is 0 Å². The number of likely N-dealkylation sites (tertiary alicyclic amines) is 1. The molecule has 0 atom stereocenters. The van der Waals surface area contributed by atoms with Gasteiger partial charge < -0.3 is 4.90 Å². The molecule has 0 aliphatic carbocycles.